The van der Waals surface area contributed by atoms with Crippen molar-refractivity contribution < 1.29 is 4.79 Å². The monoisotopic (exact) mass is 394 g/mol. The molecule has 3 heterocycles. The summed E-state index contributed by atoms with van der Waals surface area (Å²) in [5.41, 5.74) is 2.31. The van der Waals surface area contributed by atoms with Crippen LogP contribution in [0.25, 0.3) is 5.69 Å². The first kappa shape index (κ1) is 18.9. The molecule has 1 aromatic carbocycles. The van der Waals surface area contributed by atoms with Gasteiger partial charge in [0, 0.05) is 36.3 Å². The zero-order chi connectivity index (χ0) is 19.2. The SMILES string of the molecule is O=C(Cc1cccs1)NCC1CCCN(Cc2cnn(-c3ccccc3)c2)C1. The molecule has 28 heavy (non-hydrogen) atoms. The minimum absolute atomic E-state index is 0.128. The van der Waals surface area contributed by atoms with Crippen LogP contribution in [-0.4, -0.2) is 40.2 Å². The van der Waals surface area contributed by atoms with Gasteiger partial charge in [-0.15, -0.1) is 11.3 Å². The van der Waals surface area contributed by atoms with Crippen LogP contribution in [0.1, 0.15) is 23.3 Å². The van der Waals surface area contributed by atoms with Gasteiger partial charge in [0.2, 0.25) is 5.91 Å². The minimum Gasteiger partial charge on any atom is -0.355 e. The quantitative estimate of drug-likeness (QED) is 0.667. The van der Waals surface area contributed by atoms with Crippen LogP contribution in [0.2, 0.25) is 0 Å². The van der Waals surface area contributed by atoms with E-state index in [0.29, 0.717) is 12.3 Å². The Labute approximate surface area is 170 Å². The number of nitrogens with one attached hydrogen (secondary N) is 1. The van der Waals surface area contributed by atoms with Crippen molar-refractivity contribution in [2.45, 2.75) is 25.8 Å². The number of piperidine rings is 1. The molecule has 1 aliphatic heterocycles. The number of carbonyl (C=O) groups excluding carboxylic acids is 1. The maximum atomic E-state index is 12.1. The maximum absolute atomic E-state index is 12.1. The number of thiophene rings is 1. The van der Waals surface area contributed by atoms with Crippen LogP contribution in [0.5, 0.6) is 0 Å². The number of likely N-dealkylation sites (tertiary alicyclic amines) is 1. The Morgan fingerprint density at radius 3 is 2.93 bits per heavy atom. The van der Waals surface area contributed by atoms with Crippen LogP contribution >= 0.6 is 11.3 Å². The third-order valence-corrected chi connectivity index (χ3v) is 6.05. The summed E-state index contributed by atoms with van der Waals surface area (Å²) in [7, 11) is 0. The highest BCUT2D eigenvalue weighted by atomic mass is 32.1. The Morgan fingerprint density at radius 2 is 2.11 bits per heavy atom. The highest BCUT2D eigenvalue weighted by molar-refractivity contribution is 7.10. The van der Waals surface area contributed by atoms with Crippen LogP contribution in [0.4, 0.5) is 0 Å². The zero-order valence-corrected chi connectivity index (χ0v) is 16.8. The first-order valence-electron chi connectivity index (χ1n) is 9.86. The van der Waals surface area contributed by atoms with E-state index in [-0.39, 0.29) is 5.91 Å². The molecule has 1 N–H and O–H groups in total. The fourth-order valence-electron chi connectivity index (χ4n) is 3.78. The molecule has 0 saturated carbocycles. The molecule has 146 valence electrons. The van der Waals surface area contributed by atoms with Gasteiger partial charge in [0.15, 0.2) is 0 Å². The van der Waals surface area contributed by atoms with E-state index in [0.717, 1.165) is 36.7 Å². The van der Waals surface area contributed by atoms with E-state index in [1.807, 2.05) is 46.6 Å². The summed E-state index contributed by atoms with van der Waals surface area (Å²) >= 11 is 1.64. The third kappa shape index (κ3) is 5.09. The summed E-state index contributed by atoms with van der Waals surface area (Å²) in [6.07, 6.45) is 6.92. The molecule has 1 saturated heterocycles. The lowest BCUT2D eigenvalue weighted by atomic mass is 9.97. The predicted molar refractivity (Wildman–Crippen MR) is 113 cm³/mol. The van der Waals surface area contributed by atoms with Crippen molar-refractivity contribution in [1.29, 1.82) is 0 Å². The van der Waals surface area contributed by atoms with Gasteiger partial charge in [0.25, 0.3) is 0 Å². The van der Waals surface area contributed by atoms with Gasteiger partial charge in [0.05, 0.1) is 18.3 Å². The average Bonchev–Trinajstić information content (AvgIpc) is 3.40. The van der Waals surface area contributed by atoms with E-state index in [4.69, 9.17) is 0 Å². The summed E-state index contributed by atoms with van der Waals surface area (Å²) in [5, 5.41) is 9.64. The van der Waals surface area contributed by atoms with Gasteiger partial charge in [0.1, 0.15) is 0 Å². The standard InChI is InChI=1S/C22H26N4OS/c27-22(12-21-9-5-11-28-21)23-13-18-6-4-10-25(15-18)16-19-14-24-26(17-19)20-7-2-1-3-8-20/h1-3,5,7-9,11,14,17-18H,4,6,10,12-13,15-16H2,(H,23,27). The number of nitrogens with zero attached hydrogens (tertiary/aromatic N) is 3. The van der Waals surface area contributed by atoms with E-state index >= 15 is 0 Å². The molecule has 4 rings (SSSR count). The molecule has 0 spiro atoms. The molecule has 1 fully saturated rings. The van der Waals surface area contributed by atoms with Gasteiger partial charge in [-0.3, -0.25) is 9.69 Å². The second-order valence-corrected chi connectivity index (χ2v) is 8.46. The lowest BCUT2D eigenvalue weighted by Gasteiger charge is -2.32. The van der Waals surface area contributed by atoms with E-state index in [2.05, 4.69) is 33.6 Å². The highest BCUT2D eigenvalue weighted by Gasteiger charge is 2.21. The Kier molecular flexibility index (Phi) is 6.19. The Hall–Kier alpha value is -2.44. The molecule has 2 aromatic heterocycles. The van der Waals surface area contributed by atoms with Crippen LogP contribution < -0.4 is 5.32 Å². The second kappa shape index (κ2) is 9.17. The molecule has 1 aliphatic rings. The first-order valence-corrected chi connectivity index (χ1v) is 10.7. The summed E-state index contributed by atoms with van der Waals surface area (Å²) in [6, 6.07) is 14.2. The summed E-state index contributed by atoms with van der Waals surface area (Å²) in [4.78, 5) is 15.7. The molecule has 0 aliphatic carbocycles. The maximum Gasteiger partial charge on any atom is 0.225 e. The molecule has 6 heteroatoms. The van der Waals surface area contributed by atoms with Crippen molar-refractivity contribution in [2.75, 3.05) is 19.6 Å². The molecule has 0 bridgehead atoms. The largest absolute Gasteiger partial charge is 0.355 e. The van der Waals surface area contributed by atoms with Crippen molar-refractivity contribution in [3.05, 3.63) is 70.7 Å². The molecule has 5 nitrogen and oxygen atoms in total. The van der Waals surface area contributed by atoms with Gasteiger partial charge in [-0.2, -0.15) is 5.10 Å². The minimum atomic E-state index is 0.128. The average molecular weight is 395 g/mol. The van der Waals surface area contributed by atoms with Crippen LogP contribution in [-0.2, 0) is 17.8 Å². The number of benzene rings is 1. The Morgan fingerprint density at radius 1 is 1.21 bits per heavy atom. The van der Waals surface area contributed by atoms with Gasteiger partial charge < -0.3 is 5.32 Å². The molecule has 1 amide bonds. The van der Waals surface area contributed by atoms with Crippen molar-refractivity contribution >= 4 is 17.2 Å². The first-order chi connectivity index (χ1) is 13.8. The summed E-state index contributed by atoms with van der Waals surface area (Å²) in [6.45, 7) is 3.81. The number of hydrogen-bond donors (Lipinski definition) is 1. The van der Waals surface area contributed by atoms with Crippen LogP contribution in [0.3, 0.4) is 0 Å². The number of amides is 1. The second-order valence-electron chi connectivity index (χ2n) is 7.43. The normalized spacial score (nSPS) is 17.5. The topological polar surface area (TPSA) is 50.2 Å². The Balaban J connectivity index is 1.26. The lowest BCUT2D eigenvalue weighted by Crippen LogP contribution is -2.40. The van der Waals surface area contributed by atoms with Crippen LogP contribution in [0, 0.1) is 5.92 Å². The summed E-state index contributed by atoms with van der Waals surface area (Å²) < 4.78 is 1.93. The fraction of sp³-hybridized carbons (Fsp3) is 0.364. The molecule has 1 atom stereocenters. The van der Waals surface area contributed by atoms with E-state index in [1.165, 1.54) is 18.4 Å². The number of para-hydroxylation sites is 1. The van der Waals surface area contributed by atoms with Crippen LogP contribution in [0.15, 0.2) is 60.2 Å². The zero-order valence-electron chi connectivity index (χ0n) is 16.0. The number of hydrogen-bond acceptors (Lipinski definition) is 4. The fourth-order valence-corrected chi connectivity index (χ4v) is 4.48. The number of aromatic nitrogens is 2. The van der Waals surface area contributed by atoms with Crippen molar-refractivity contribution in [1.82, 2.24) is 20.0 Å². The predicted octanol–water partition coefficient (Wildman–Crippen LogP) is 3.50. The molecular weight excluding hydrogens is 368 g/mol. The third-order valence-electron chi connectivity index (χ3n) is 5.17. The van der Waals surface area contributed by atoms with Gasteiger partial charge in [-0.1, -0.05) is 24.3 Å². The number of rotatable bonds is 7. The van der Waals surface area contributed by atoms with E-state index in [9.17, 15) is 4.79 Å². The molecule has 1 unspecified atom stereocenters. The van der Waals surface area contributed by atoms with Gasteiger partial charge >= 0.3 is 0 Å². The van der Waals surface area contributed by atoms with Gasteiger partial charge in [-0.05, 0) is 48.9 Å². The summed E-state index contributed by atoms with van der Waals surface area (Å²) in [5.74, 6) is 0.647. The van der Waals surface area contributed by atoms with Gasteiger partial charge in [-0.25, -0.2) is 4.68 Å². The number of carbonyl (C=O) groups is 1. The van der Waals surface area contributed by atoms with E-state index < -0.39 is 0 Å². The van der Waals surface area contributed by atoms with Crippen molar-refractivity contribution in [3.8, 4) is 5.69 Å². The Bertz CT molecular complexity index is 875. The highest BCUT2D eigenvalue weighted by Crippen LogP contribution is 2.19. The lowest BCUT2D eigenvalue weighted by molar-refractivity contribution is -0.120. The van der Waals surface area contributed by atoms with Crippen molar-refractivity contribution in [3.63, 3.8) is 0 Å². The smallest absolute Gasteiger partial charge is 0.225 e. The molecule has 3 aromatic rings. The van der Waals surface area contributed by atoms with Crippen molar-refractivity contribution in [2.24, 2.45) is 5.92 Å². The van der Waals surface area contributed by atoms with E-state index in [1.54, 1.807) is 11.3 Å². The molecular formula is C22H26N4OS. The molecule has 0 radical (unpaired) electrons.